The molecule has 1 atom stereocenters. The molecular formula is C14H16N2O2. The van der Waals surface area contributed by atoms with Gasteiger partial charge in [-0.3, -0.25) is 0 Å². The molecule has 2 aromatic rings. The second-order valence-corrected chi connectivity index (χ2v) is 4.41. The van der Waals surface area contributed by atoms with Gasteiger partial charge in [-0.2, -0.15) is 0 Å². The van der Waals surface area contributed by atoms with E-state index in [1.54, 1.807) is 13.3 Å². The predicted octanol–water partition coefficient (Wildman–Crippen LogP) is 2.77. The number of para-hydroxylation sites is 1. The van der Waals surface area contributed by atoms with Gasteiger partial charge in [0.2, 0.25) is 5.89 Å². The molecule has 1 saturated heterocycles. The molecule has 1 fully saturated rings. The molecule has 1 aliphatic heterocycles. The number of nitrogens with zero attached hydrogens (tertiary/aromatic N) is 1. The van der Waals surface area contributed by atoms with Gasteiger partial charge in [-0.05, 0) is 31.5 Å². The van der Waals surface area contributed by atoms with Gasteiger partial charge in [0.1, 0.15) is 5.75 Å². The molecule has 0 aliphatic carbocycles. The molecule has 1 unspecified atom stereocenters. The molecule has 0 spiro atoms. The lowest BCUT2D eigenvalue weighted by atomic mass is 10.1. The van der Waals surface area contributed by atoms with Crippen molar-refractivity contribution in [1.82, 2.24) is 10.3 Å². The van der Waals surface area contributed by atoms with Crippen LogP contribution >= 0.6 is 0 Å². The third-order valence-corrected chi connectivity index (χ3v) is 3.25. The van der Waals surface area contributed by atoms with Crippen LogP contribution in [-0.2, 0) is 0 Å². The van der Waals surface area contributed by atoms with E-state index in [1.165, 1.54) is 6.42 Å². The van der Waals surface area contributed by atoms with E-state index in [2.05, 4.69) is 10.3 Å². The molecule has 3 rings (SSSR count). The highest BCUT2D eigenvalue weighted by molar-refractivity contribution is 5.64. The largest absolute Gasteiger partial charge is 0.496 e. The lowest BCUT2D eigenvalue weighted by Crippen LogP contribution is -2.12. The van der Waals surface area contributed by atoms with Crippen molar-refractivity contribution < 1.29 is 9.15 Å². The first-order valence-electron chi connectivity index (χ1n) is 6.21. The Morgan fingerprint density at radius 2 is 2.28 bits per heavy atom. The number of ether oxygens (including phenoxy) is 1. The highest BCUT2D eigenvalue weighted by atomic mass is 16.5. The molecule has 1 aromatic carbocycles. The lowest BCUT2D eigenvalue weighted by Gasteiger charge is -2.06. The Kier molecular flexibility index (Phi) is 3.02. The zero-order valence-electron chi connectivity index (χ0n) is 10.3. The Labute approximate surface area is 106 Å². The Hall–Kier alpha value is -1.81. The van der Waals surface area contributed by atoms with Gasteiger partial charge in [0, 0.05) is 0 Å². The Morgan fingerprint density at radius 3 is 3.06 bits per heavy atom. The van der Waals surface area contributed by atoms with Gasteiger partial charge in [-0.1, -0.05) is 12.1 Å². The first-order valence-corrected chi connectivity index (χ1v) is 6.21. The molecule has 1 N–H and O–H groups in total. The first-order chi connectivity index (χ1) is 8.88. The van der Waals surface area contributed by atoms with E-state index in [0.717, 1.165) is 35.9 Å². The molecule has 2 heterocycles. The molecule has 4 nitrogen and oxygen atoms in total. The summed E-state index contributed by atoms with van der Waals surface area (Å²) in [5.74, 6) is 2.34. The minimum atomic E-state index is 0.258. The van der Waals surface area contributed by atoms with Gasteiger partial charge < -0.3 is 14.5 Å². The van der Waals surface area contributed by atoms with Crippen molar-refractivity contribution in [2.24, 2.45) is 0 Å². The van der Waals surface area contributed by atoms with Crippen molar-refractivity contribution in [2.45, 2.75) is 18.9 Å². The van der Waals surface area contributed by atoms with E-state index in [9.17, 15) is 0 Å². The van der Waals surface area contributed by atoms with Crippen molar-refractivity contribution in [3.05, 3.63) is 36.4 Å². The van der Waals surface area contributed by atoms with Gasteiger partial charge in [-0.15, -0.1) is 0 Å². The number of aromatic nitrogens is 1. The molecule has 0 saturated carbocycles. The zero-order chi connectivity index (χ0) is 12.4. The monoisotopic (exact) mass is 244 g/mol. The number of benzene rings is 1. The van der Waals surface area contributed by atoms with Gasteiger partial charge in [0.15, 0.2) is 5.76 Å². The van der Waals surface area contributed by atoms with Crippen LogP contribution in [0, 0.1) is 0 Å². The van der Waals surface area contributed by atoms with E-state index in [4.69, 9.17) is 9.15 Å². The van der Waals surface area contributed by atoms with Gasteiger partial charge in [0.25, 0.3) is 0 Å². The van der Waals surface area contributed by atoms with Crippen molar-refractivity contribution in [2.75, 3.05) is 13.7 Å². The van der Waals surface area contributed by atoms with Crippen LogP contribution in [-0.4, -0.2) is 18.6 Å². The summed E-state index contributed by atoms with van der Waals surface area (Å²) in [6.07, 6.45) is 4.04. The fourth-order valence-corrected chi connectivity index (χ4v) is 2.32. The molecule has 18 heavy (non-hydrogen) atoms. The summed E-state index contributed by atoms with van der Waals surface area (Å²) >= 11 is 0. The number of methoxy groups -OCH3 is 1. The molecule has 0 amide bonds. The van der Waals surface area contributed by atoms with Crippen LogP contribution in [0.15, 0.2) is 34.9 Å². The molecule has 0 bridgehead atoms. The SMILES string of the molecule is COc1ccccc1-c1cnc(C2CCCN2)o1. The second-order valence-electron chi connectivity index (χ2n) is 4.41. The summed E-state index contributed by atoms with van der Waals surface area (Å²) in [5, 5.41) is 3.38. The Balaban J connectivity index is 1.92. The summed E-state index contributed by atoms with van der Waals surface area (Å²) in [7, 11) is 1.66. The summed E-state index contributed by atoms with van der Waals surface area (Å²) in [4.78, 5) is 4.37. The summed E-state index contributed by atoms with van der Waals surface area (Å²) < 4.78 is 11.2. The number of oxazole rings is 1. The van der Waals surface area contributed by atoms with Crippen LogP contribution in [0.2, 0.25) is 0 Å². The van der Waals surface area contributed by atoms with Crippen molar-refractivity contribution in [3.8, 4) is 17.1 Å². The third-order valence-electron chi connectivity index (χ3n) is 3.25. The topological polar surface area (TPSA) is 47.3 Å². The normalized spacial score (nSPS) is 19.1. The van der Waals surface area contributed by atoms with Gasteiger partial charge in [-0.25, -0.2) is 4.98 Å². The first kappa shape index (κ1) is 11.3. The van der Waals surface area contributed by atoms with Crippen LogP contribution in [0.4, 0.5) is 0 Å². The maximum absolute atomic E-state index is 5.84. The molecule has 0 radical (unpaired) electrons. The van der Waals surface area contributed by atoms with Crippen LogP contribution in [0.1, 0.15) is 24.8 Å². The van der Waals surface area contributed by atoms with E-state index < -0.39 is 0 Å². The zero-order valence-corrected chi connectivity index (χ0v) is 10.3. The highest BCUT2D eigenvalue weighted by Crippen LogP contribution is 2.32. The Morgan fingerprint density at radius 1 is 1.39 bits per heavy atom. The van der Waals surface area contributed by atoms with Crippen LogP contribution < -0.4 is 10.1 Å². The summed E-state index contributed by atoms with van der Waals surface area (Å²) in [6, 6.07) is 8.07. The van der Waals surface area contributed by atoms with Crippen molar-refractivity contribution in [3.63, 3.8) is 0 Å². The maximum atomic E-state index is 5.84. The highest BCUT2D eigenvalue weighted by Gasteiger charge is 2.21. The standard InChI is InChI=1S/C14H16N2O2/c1-17-12-7-3-2-5-10(12)13-9-16-14(18-13)11-6-4-8-15-11/h2-3,5,7,9,11,15H,4,6,8H2,1H3. The smallest absolute Gasteiger partial charge is 0.212 e. The van der Waals surface area contributed by atoms with Crippen LogP contribution in [0.25, 0.3) is 11.3 Å². The number of hydrogen-bond acceptors (Lipinski definition) is 4. The minimum absolute atomic E-state index is 0.258. The number of nitrogens with one attached hydrogen (secondary N) is 1. The van der Waals surface area contributed by atoms with E-state index in [-0.39, 0.29) is 6.04 Å². The summed E-state index contributed by atoms with van der Waals surface area (Å²) in [6.45, 7) is 1.04. The number of hydrogen-bond donors (Lipinski definition) is 1. The fraction of sp³-hybridized carbons (Fsp3) is 0.357. The average molecular weight is 244 g/mol. The van der Waals surface area contributed by atoms with Crippen LogP contribution in [0.3, 0.4) is 0 Å². The second kappa shape index (κ2) is 4.82. The predicted molar refractivity (Wildman–Crippen MR) is 68.5 cm³/mol. The lowest BCUT2D eigenvalue weighted by molar-refractivity contribution is 0.410. The van der Waals surface area contributed by atoms with Crippen molar-refractivity contribution in [1.29, 1.82) is 0 Å². The molecule has 1 aliphatic rings. The maximum Gasteiger partial charge on any atom is 0.212 e. The molecular weight excluding hydrogens is 228 g/mol. The van der Waals surface area contributed by atoms with Crippen molar-refractivity contribution >= 4 is 0 Å². The van der Waals surface area contributed by atoms with Crippen LogP contribution in [0.5, 0.6) is 5.75 Å². The fourth-order valence-electron chi connectivity index (χ4n) is 2.32. The number of rotatable bonds is 3. The summed E-state index contributed by atoms with van der Waals surface area (Å²) in [5.41, 5.74) is 0.941. The van der Waals surface area contributed by atoms with E-state index >= 15 is 0 Å². The average Bonchev–Trinajstić information content (AvgIpc) is 3.09. The quantitative estimate of drug-likeness (QED) is 0.901. The minimum Gasteiger partial charge on any atom is -0.496 e. The van der Waals surface area contributed by atoms with E-state index in [0.29, 0.717) is 0 Å². The molecule has 4 heteroatoms. The molecule has 94 valence electrons. The van der Waals surface area contributed by atoms with Gasteiger partial charge in [0.05, 0.1) is 24.9 Å². The Bertz CT molecular complexity index is 530. The molecule has 1 aromatic heterocycles. The third kappa shape index (κ3) is 1.99. The van der Waals surface area contributed by atoms with E-state index in [1.807, 2.05) is 24.3 Å². The van der Waals surface area contributed by atoms with Gasteiger partial charge >= 0.3 is 0 Å².